The van der Waals surface area contributed by atoms with E-state index in [0.717, 1.165) is 35.3 Å². The van der Waals surface area contributed by atoms with E-state index in [0.29, 0.717) is 39.9 Å². The van der Waals surface area contributed by atoms with Gasteiger partial charge in [0.15, 0.2) is 10.8 Å². The summed E-state index contributed by atoms with van der Waals surface area (Å²) in [6, 6.07) is 12.6. The third-order valence-corrected chi connectivity index (χ3v) is 9.62. The minimum atomic E-state index is -1.14. The molecule has 2 saturated heterocycles. The molecule has 3 aromatic rings. The molecule has 2 aromatic carbocycles. The van der Waals surface area contributed by atoms with Gasteiger partial charge < -0.3 is 10.4 Å². The maximum atomic E-state index is 14.2. The molecule has 2 amide bonds. The Balaban J connectivity index is 1.43. The molecule has 4 atom stereocenters. The number of likely N-dealkylation sites (tertiary alicyclic amines) is 1. The number of thiazole rings is 1. The normalized spacial score (nSPS) is 28.2. The molecule has 0 unspecified atom stereocenters. The Kier molecular flexibility index (Phi) is 5.39. The minimum Gasteiger partial charge on any atom is -0.476 e. The number of aromatic carboxylic acids is 1. The fraction of sp³-hybridized carbons (Fsp3) is 0.333. The molecule has 3 aliphatic heterocycles. The zero-order chi connectivity index (χ0) is 26.3. The van der Waals surface area contributed by atoms with Crippen LogP contribution in [0, 0.1) is 11.8 Å². The molecule has 3 fully saturated rings. The number of fused-ring (bicyclic) bond motifs is 3. The van der Waals surface area contributed by atoms with E-state index in [1.165, 1.54) is 5.38 Å². The van der Waals surface area contributed by atoms with E-state index in [-0.39, 0.29) is 23.6 Å². The lowest BCUT2D eigenvalue weighted by Gasteiger charge is -2.41. The molecule has 1 spiro atoms. The summed E-state index contributed by atoms with van der Waals surface area (Å²) in [5.74, 6) is -2.11. The largest absolute Gasteiger partial charge is 0.476 e. The summed E-state index contributed by atoms with van der Waals surface area (Å²) >= 11 is 13.9. The van der Waals surface area contributed by atoms with Crippen LogP contribution < -0.4 is 10.2 Å². The molecule has 0 radical (unpaired) electrons. The van der Waals surface area contributed by atoms with Crippen molar-refractivity contribution >= 4 is 63.1 Å². The molecule has 4 aliphatic rings. The Morgan fingerprint density at radius 2 is 1.95 bits per heavy atom. The van der Waals surface area contributed by atoms with E-state index >= 15 is 0 Å². The highest BCUT2D eigenvalue weighted by Crippen LogP contribution is 2.62. The second-order valence-electron chi connectivity index (χ2n) is 10.4. The van der Waals surface area contributed by atoms with Crippen LogP contribution >= 0.6 is 34.5 Å². The fourth-order valence-electron chi connectivity index (χ4n) is 6.64. The second kappa shape index (κ2) is 8.51. The smallest absolute Gasteiger partial charge is 0.355 e. The average molecular weight is 569 g/mol. The van der Waals surface area contributed by atoms with Crippen LogP contribution in [-0.2, 0) is 15.1 Å². The summed E-state index contributed by atoms with van der Waals surface area (Å²) in [6.45, 7) is 0.991. The Hall–Kier alpha value is -2.98. The van der Waals surface area contributed by atoms with Crippen molar-refractivity contribution in [2.75, 3.05) is 23.3 Å². The summed E-state index contributed by atoms with van der Waals surface area (Å²) in [7, 11) is 0. The molecule has 2 N–H and O–H groups in total. The van der Waals surface area contributed by atoms with Crippen LogP contribution in [-0.4, -0.2) is 51.9 Å². The predicted molar refractivity (Wildman–Crippen MR) is 144 cm³/mol. The van der Waals surface area contributed by atoms with Gasteiger partial charge in [-0.15, -0.1) is 11.3 Å². The van der Waals surface area contributed by atoms with Crippen molar-refractivity contribution in [2.45, 2.75) is 30.3 Å². The second-order valence-corrected chi connectivity index (χ2v) is 12.1. The lowest BCUT2D eigenvalue weighted by atomic mass is 9.71. The average Bonchev–Trinajstić information content (AvgIpc) is 3.21. The number of carbonyl (C=O) groups excluding carboxylic acids is 2. The first-order valence-electron chi connectivity index (χ1n) is 12.4. The minimum absolute atomic E-state index is 0.0893. The number of nitrogens with zero attached hydrogens (tertiary/aromatic N) is 3. The number of hydrogen-bond donors (Lipinski definition) is 2. The highest BCUT2D eigenvalue weighted by atomic mass is 35.5. The van der Waals surface area contributed by atoms with Gasteiger partial charge in [0.05, 0.1) is 5.92 Å². The van der Waals surface area contributed by atoms with Gasteiger partial charge >= 0.3 is 5.97 Å². The molecule has 4 heterocycles. The maximum absolute atomic E-state index is 14.2. The first-order valence-corrected chi connectivity index (χ1v) is 14.1. The van der Waals surface area contributed by atoms with Crippen LogP contribution in [0.4, 0.5) is 10.8 Å². The number of aromatic nitrogens is 1. The SMILES string of the molecule is O=C(O)c1csc(N2C[C@H]3[C@@H](C2=O)[C@H](c2cccc(Cl)c2)[C@]2(C(=O)Nc4cc(Cl)ccc42)N3CC2CC2)n1. The first kappa shape index (κ1) is 24.1. The van der Waals surface area contributed by atoms with Gasteiger partial charge in [0.25, 0.3) is 0 Å². The maximum Gasteiger partial charge on any atom is 0.355 e. The molecule has 1 aromatic heterocycles. The molecular formula is C27H22Cl2N4O4S. The van der Waals surface area contributed by atoms with Gasteiger partial charge in [0, 0.05) is 51.7 Å². The van der Waals surface area contributed by atoms with Crippen molar-refractivity contribution in [2.24, 2.45) is 11.8 Å². The fourth-order valence-corrected chi connectivity index (χ4v) is 7.83. The van der Waals surface area contributed by atoms with Crippen LogP contribution in [0.15, 0.2) is 47.8 Å². The number of carboxylic acids is 1. The molecule has 38 heavy (non-hydrogen) atoms. The van der Waals surface area contributed by atoms with Crippen LogP contribution in [0.3, 0.4) is 0 Å². The van der Waals surface area contributed by atoms with Crippen molar-refractivity contribution in [1.29, 1.82) is 0 Å². The van der Waals surface area contributed by atoms with Gasteiger partial charge in [-0.2, -0.15) is 0 Å². The zero-order valence-corrected chi connectivity index (χ0v) is 22.3. The van der Waals surface area contributed by atoms with Gasteiger partial charge in [-0.3, -0.25) is 19.4 Å². The van der Waals surface area contributed by atoms with Crippen LogP contribution in [0.1, 0.15) is 40.4 Å². The number of halogens is 2. The highest BCUT2D eigenvalue weighted by Gasteiger charge is 2.71. The quantitative estimate of drug-likeness (QED) is 0.456. The third kappa shape index (κ3) is 3.38. The van der Waals surface area contributed by atoms with E-state index in [2.05, 4.69) is 15.2 Å². The van der Waals surface area contributed by atoms with Crippen molar-refractivity contribution in [3.63, 3.8) is 0 Å². The van der Waals surface area contributed by atoms with E-state index in [1.807, 2.05) is 24.3 Å². The van der Waals surface area contributed by atoms with E-state index < -0.39 is 23.3 Å². The summed E-state index contributed by atoms with van der Waals surface area (Å²) in [5, 5.41) is 15.3. The van der Waals surface area contributed by atoms with Crippen molar-refractivity contribution in [3.8, 4) is 0 Å². The number of carboxylic acid groups (broad SMARTS) is 1. The zero-order valence-electron chi connectivity index (χ0n) is 19.9. The lowest BCUT2D eigenvalue weighted by molar-refractivity contribution is -0.128. The molecule has 11 heteroatoms. The lowest BCUT2D eigenvalue weighted by Crippen LogP contribution is -2.54. The molecule has 1 aliphatic carbocycles. The van der Waals surface area contributed by atoms with Crippen LogP contribution in [0.5, 0.6) is 0 Å². The number of amides is 2. The van der Waals surface area contributed by atoms with Gasteiger partial charge in [-0.1, -0.05) is 41.4 Å². The topological polar surface area (TPSA) is 103 Å². The Morgan fingerprint density at radius 1 is 1.16 bits per heavy atom. The molecule has 0 bridgehead atoms. The summed E-state index contributed by atoms with van der Waals surface area (Å²) in [4.78, 5) is 47.9. The number of benzene rings is 2. The number of hydrogen-bond acceptors (Lipinski definition) is 6. The van der Waals surface area contributed by atoms with Crippen LogP contribution in [0.2, 0.25) is 10.0 Å². The summed E-state index contributed by atoms with van der Waals surface area (Å²) in [5.41, 5.74) is 1.08. The van der Waals surface area contributed by atoms with Crippen molar-refractivity contribution in [1.82, 2.24) is 9.88 Å². The summed E-state index contributed by atoms with van der Waals surface area (Å²) < 4.78 is 0. The van der Waals surface area contributed by atoms with Gasteiger partial charge in [0.1, 0.15) is 5.54 Å². The molecule has 1 saturated carbocycles. The standard InChI is InChI=1S/C27H22Cl2N4O4S/c28-15-3-1-2-14(8-15)22-21-20(11-32(23(21)34)26-31-19(12-38-26)24(35)36)33(10-13-4-5-13)27(22)17-7-6-16(29)9-18(17)30-25(27)37/h1-3,6-9,12-13,20-22H,4-5,10-11H2,(H,30,37)(H,35,36)/t20-,21+,22-,27+/m0/s1. The Bertz CT molecular complexity index is 1520. The molecule has 8 nitrogen and oxygen atoms in total. The predicted octanol–water partition coefficient (Wildman–Crippen LogP) is 4.84. The number of nitrogens with one attached hydrogen (secondary N) is 1. The third-order valence-electron chi connectivity index (χ3n) is 8.29. The van der Waals surface area contributed by atoms with E-state index in [9.17, 15) is 19.5 Å². The number of carbonyl (C=O) groups is 3. The van der Waals surface area contributed by atoms with Gasteiger partial charge in [-0.05, 0) is 48.6 Å². The van der Waals surface area contributed by atoms with Gasteiger partial charge in [-0.25, -0.2) is 9.78 Å². The number of rotatable bonds is 5. The highest BCUT2D eigenvalue weighted by molar-refractivity contribution is 7.14. The van der Waals surface area contributed by atoms with Gasteiger partial charge in [0.2, 0.25) is 11.8 Å². The monoisotopic (exact) mass is 568 g/mol. The van der Waals surface area contributed by atoms with E-state index in [1.54, 1.807) is 23.1 Å². The summed E-state index contributed by atoms with van der Waals surface area (Å²) in [6.07, 6.45) is 2.15. The first-order chi connectivity index (χ1) is 18.3. The van der Waals surface area contributed by atoms with Crippen molar-refractivity contribution < 1.29 is 19.5 Å². The Labute approximate surface area is 232 Å². The molecule has 7 rings (SSSR count). The van der Waals surface area contributed by atoms with E-state index in [4.69, 9.17) is 23.2 Å². The Morgan fingerprint density at radius 3 is 2.66 bits per heavy atom. The molecule has 194 valence electrons. The van der Waals surface area contributed by atoms with Crippen LogP contribution in [0.25, 0.3) is 0 Å². The van der Waals surface area contributed by atoms with Crippen molar-refractivity contribution in [3.05, 3.63) is 74.7 Å². The molecular weight excluding hydrogens is 547 g/mol. The number of anilines is 2.